The van der Waals surface area contributed by atoms with Crippen LogP contribution in [0.25, 0.3) is 0 Å². The van der Waals surface area contributed by atoms with E-state index in [0.29, 0.717) is 13.0 Å². The van der Waals surface area contributed by atoms with Crippen LogP contribution in [-0.4, -0.2) is 37.2 Å². The van der Waals surface area contributed by atoms with Crippen LogP contribution in [0.3, 0.4) is 0 Å². The summed E-state index contributed by atoms with van der Waals surface area (Å²) in [6.45, 7) is 2.02. The van der Waals surface area contributed by atoms with Crippen molar-refractivity contribution in [2.75, 3.05) is 6.54 Å². The minimum absolute atomic E-state index is 0.0725. The predicted molar refractivity (Wildman–Crippen MR) is 93.0 cm³/mol. The highest BCUT2D eigenvalue weighted by molar-refractivity contribution is 7.90. The average molecular weight is 382 g/mol. The van der Waals surface area contributed by atoms with Crippen LogP contribution in [-0.2, 0) is 19.6 Å². The van der Waals surface area contributed by atoms with Crippen LogP contribution in [0, 0.1) is 11.7 Å². The van der Waals surface area contributed by atoms with Gasteiger partial charge in [0, 0.05) is 12.5 Å². The molecule has 2 amide bonds. The smallest absolute Gasteiger partial charge is 0.264 e. The summed E-state index contributed by atoms with van der Waals surface area (Å²) in [6.07, 6.45) is 5.15. The maximum atomic E-state index is 13.3. The van der Waals surface area contributed by atoms with Crippen molar-refractivity contribution in [1.29, 1.82) is 0 Å². The topological polar surface area (TPSA) is 83.6 Å². The molecule has 1 atom stereocenters. The third-order valence-corrected chi connectivity index (χ3v) is 6.79. The Bertz CT molecular complexity index is 820. The number of likely N-dealkylation sites (tertiary alicyclic amines) is 1. The van der Waals surface area contributed by atoms with E-state index in [1.54, 1.807) is 6.92 Å². The van der Waals surface area contributed by atoms with E-state index in [1.165, 1.54) is 17.0 Å². The van der Waals surface area contributed by atoms with E-state index in [-0.39, 0.29) is 16.7 Å². The highest BCUT2D eigenvalue weighted by Crippen LogP contribution is 2.35. The number of rotatable bonds is 4. The van der Waals surface area contributed by atoms with Crippen molar-refractivity contribution in [2.45, 2.75) is 55.9 Å². The van der Waals surface area contributed by atoms with Crippen molar-refractivity contribution < 1.29 is 22.4 Å². The Labute approximate surface area is 152 Å². The molecule has 0 radical (unpaired) electrons. The molecule has 142 valence electrons. The number of sulfonamides is 1. The normalized spacial score (nSPS) is 24.0. The van der Waals surface area contributed by atoms with Crippen LogP contribution >= 0.6 is 0 Å². The monoisotopic (exact) mass is 382 g/mol. The summed E-state index contributed by atoms with van der Waals surface area (Å²) >= 11 is 0. The first-order chi connectivity index (χ1) is 12.2. The van der Waals surface area contributed by atoms with Crippen LogP contribution in [0.4, 0.5) is 4.39 Å². The molecular formula is C18H23FN2O4S. The van der Waals surface area contributed by atoms with Gasteiger partial charge in [-0.15, -0.1) is 0 Å². The summed E-state index contributed by atoms with van der Waals surface area (Å²) in [4.78, 5) is 26.5. The maximum absolute atomic E-state index is 13.3. The van der Waals surface area contributed by atoms with Gasteiger partial charge in [-0.3, -0.25) is 9.59 Å². The lowest BCUT2D eigenvalue weighted by molar-refractivity contribution is -0.160. The van der Waals surface area contributed by atoms with E-state index in [1.807, 2.05) is 4.72 Å². The van der Waals surface area contributed by atoms with Crippen LogP contribution < -0.4 is 4.72 Å². The van der Waals surface area contributed by atoms with Gasteiger partial charge in [-0.05, 0) is 44.4 Å². The molecule has 8 heteroatoms. The van der Waals surface area contributed by atoms with Gasteiger partial charge in [0.05, 0.1) is 4.90 Å². The van der Waals surface area contributed by atoms with E-state index in [0.717, 1.165) is 44.2 Å². The second-order valence-electron chi connectivity index (χ2n) is 7.24. The van der Waals surface area contributed by atoms with Crippen molar-refractivity contribution in [2.24, 2.45) is 5.92 Å². The fraction of sp³-hybridized carbons (Fsp3) is 0.556. The summed E-state index contributed by atoms with van der Waals surface area (Å²) in [5, 5.41) is 0. The van der Waals surface area contributed by atoms with Crippen LogP contribution in [0.2, 0.25) is 0 Å². The Hall–Kier alpha value is -1.96. The van der Waals surface area contributed by atoms with Gasteiger partial charge < -0.3 is 4.90 Å². The van der Waals surface area contributed by atoms with Gasteiger partial charge >= 0.3 is 0 Å². The SMILES string of the molecule is CC1(C(=O)NS(=O)(=O)c2cccc(F)c2)CCN1C(=O)C1CCCCC1. The van der Waals surface area contributed by atoms with Crippen molar-refractivity contribution >= 4 is 21.8 Å². The first-order valence-electron chi connectivity index (χ1n) is 8.88. The number of hydrogen-bond acceptors (Lipinski definition) is 4. The second kappa shape index (κ2) is 6.98. The van der Waals surface area contributed by atoms with Gasteiger partial charge in [-0.1, -0.05) is 25.3 Å². The molecule has 2 aliphatic rings. The largest absolute Gasteiger partial charge is 0.328 e. The van der Waals surface area contributed by atoms with E-state index in [2.05, 4.69) is 0 Å². The Balaban J connectivity index is 1.73. The molecule has 1 N–H and O–H groups in total. The second-order valence-corrected chi connectivity index (χ2v) is 8.92. The molecule has 0 bridgehead atoms. The number of halogens is 1. The summed E-state index contributed by atoms with van der Waals surface area (Å²) in [7, 11) is -4.19. The molecule has 6 nitrogen and oxygen atoms in total. The molecule has 3 rings (SSSR count). The van der Waals surface area contributed by atoms with Gasteiger partial charge in [0.2, 0.25) is 5.91 Å². The van der Waals surface area contributed by atoms with Crippen LogP contribution in [0.15, 0.2) is 29.2 Å². The number of benzene rings is 1. The Morgan fingerprint density at radius 1 is 1.23 bits per heavy atom. The molecule has 1 heterocycles. The van der Waals surface area contributed by atoms with Crippen molar-refractivity contribution in [3.63, 3.8) is 0 Å². The third-order valence-electron chi connectivity index (χ3n) is 5.46. The standard InChI is InChI=1S/C18H23FN2O4S/c1-18(10-11-21(18)16(22)13-6-3-2-4-7-13)17(23)20-26(24,25)15-9-5-8-14(19)12-15/h5,8-9,12-13H,2-4,6-7,10-11H2,1H3,(H,20,23). The fourth-order valence-electron chi connectivity index (χ4n) is 3.64. The molecule has 1 aliphatic carbocycles. The molecule has 1 saturated heterocycles. The maximum Gasteiger partial charge on any atom is 0.264 e. The molecular weight excluding hydrogens is 359 g/mol. The van der Waals surface area contributed by atoms with Gasteiger partial charge in [0.15, 0.2) is 0 Å². The third kappa shape index (κ3) is 3.47. The number of carbonyl (C=O) groups excluding carboxylic acids is 2. The fourth-order valence-corrected chi connectivity index (χ4v) is 4.75. The number of nitrogens with one attached hydrogen (secondary N) is 1. The molecule has 1 aliphatic heterocycles. The number of carbonyl (C=O) groups is 2. The van der Waals surface area contributed by atoms with E-state index in [9.17, 15) is 22.4 Å². The van der Waals surface area contributed by atoms with Crippen molar-refractivity contribution in [3.05, 3.63) is 30.1 Å². The van der Waals surface area contributed by atoms with Gasteiger partial charge in [0.25, 0.3) is 15.9 Å². The first-order valence-corrected chi connectivity index (χ1v) is 10.4. The first kappa shape index (κ1) is 18.8. The molecule has 1 saturated carbocycles. The number of amides is 2. The Morgan fingerprint density at radius 3 is 2.50 bits per heavy atom. The average Bonchev–Trinajstić information content (AvgIpc) is 2.60. The lowest BCUT2D eigenvalue weighted by Crippen LogP contribution is -2.68. The molecule has 1 aromatic rings. The highest BCUT2D eigenvalue weighted by Gasteiger charge is 2.51. The van der Waals surface area contributed by atoms with E-state index in [4.69, 9.17) is 0 Å². The van der Waals surface area contributed by atoms with Crippen LogP contribution in [0.5, 0.6) is 0 Å². The summed E-state index contributed by atoms with van der Waals surface area (Å²) in [6, 6.07) is 4.45. The van der Waals surface area contributed by atoms with Gasteiger partial charge in [0.1, 0.15) is 11.4 Å². The molecule has 26 heavy (non-hydrogen) atoms. The Morgan fingerprint density at radius 2 is 1.92 bits per heavy atom. The zero-order valence-corrected chi connectivity index (χ0v) is 15.5. The lowest BCUT2D eigenvalue weighted by Gasteiger charge is -2.50. The number of nitrogens with zero attached hydrogens (tertiary/aromatic N) is 1. The molecule has 2 fully saturated rings. The number of hydrogen-bond donors (Lipinski definition) is 1. The molecule has 1 aromatic carbocycles. The minimum Gasteiger partial charge on any atom is -0.328 e. The summed E-state index contributed by atoms with van der Waals surface area (Å²) in [5.74, 6) is -1.62. The molecule has 0 spiro atoms. The molecule has 0 aromatic heterocycles. The van der Waals surface area contributed by atoms with Gasteiger partial charge in [-0.2, -0.15) is 0 Å². The van der Waals surface area contributed by atoms with Crippen molar-refractivity contribution in [3.8, 4) is 0 Å². The Kier molecular flexibility index (Phi) is 5.05. The van der Waals surface area contributed by atoms with E-state index < -0.39 is 27.3 Å². The predicted octanol–water partition coefficient (Wildman–Crippen LogP) is 2.20. The quantitative estimate of drug-likeness (QED) is 0.865. The summed E-state index contributed by atoms with van der Waals surface area (Å²) in [5.41, 5.74) is -1.19. The zero-order chi connectivity index (χ0) is 18.9. The van der Waals surface area contributed by atoms with Crippen LogP contribution in [0.1, 0.15) is 45.4 Å². The zero-order valence-electron chi connectivity index (χ0n) is 14.7. The van der Waals surface area contributed by atoms with E-state index >= 15 is 0 Å². The van der Waals surface area contributed by atoms with Crippen molar-refractivity contribution in [1.82, 2.24) is 9.62 Å². The summed E-state index contributed by atoms with van der Waals surface area (Å²) < 4.78 is 40.0. The lowest BCUT2D eigenvalue weighted by atomic mass is 9.81. The highest BCUT2D eigenvalue weighted by atomic mass is 32.2. The van der Waals surface area contributed by atoms with Gasteiger partial charge in [-0.25, -0.2) is 17.5 Å². The minimum atomic E-state index is -4.19. The molecule has 1 unspecified atom stereocenters.